The lowest BCUT2D eigenvalue weighted by Crippen LogP contribution is -2.12. The zero-order chi connectivity index (χ0) is 12.7. The van der Waals surface area contributed by atoms with Gasteiger partial charge in [-0.3, -0.25) is 4.79 Å². The number of aryl methyl sites for hydroxylation is 2. The number of anilines is 1. The Morgan fingerprint density at radius 2 is 1.82 bits per heavy atom. The lowest BCUT2D eigenvalue weighted by molar-refractivity contribution is -0.140. The van der Waals surface area contributed by atoms with E-state index in [1.54, 1.807) is 0 Å². The molecule has 0 amide bonds. The fourth-order valence-electron chi connectivity index (χ4n) is 1.86. The number of ether oxygens (including phenoxy) is 1. The van der Waals surface area contributed by atoms with Gasteiger partial charge in [0.05, 0.1) is 13.5 Å². The fourth-order valence-corrected chi connectivity index (χ4v) is 1.86. The lowest BCUT2D eigenvalue weighted by Gasteiger charge is -2.14. The summed E-state index contributed by atoms with van der Waals surface area (Å²) >= 11 is 0. The summed E-state index contributed by atoms with van der Waals surface area (Å²) in [6.07, 6.45) is 2.39. The van der Waals surface area contributed by atoms with Gasteiger partial charge in [0.25, 0.3) is 0 Å². The van der Waals surface area contributed by atoms with Gasteiger partial charge in [0.15, 0.2) is 0 Å². The number of carbonyl (C=O) groups is 1. The van der Waals surface area contributed by atoms with Crippen LogP contribution in [0.4, 0.5) is 5.69 Å². The maximum Gasteiger partial charge on any atom is 0.307 e. The van der Waals surface area contributed by atoms with Crippen molar-refractivity contribution in [2.24, 2.45) is 0 Å². The van der Waals surface area contributed by atoms with Crippen molar-refractivity contribution in [3.8, 4) is 0 Å². The summed E-state index contributed by atoms with van der Waals surface area (Å²) in [5.41, 5.74) is 3.78. The largest absolute Gasteiger partial charge is 0.469 e. The van der Waals surface area contributed by atoms with Crippen LogP contribution in [-0.2, 0) is 22.4 Å². The summed E-state index contributed by atoms with van der Waals surface area (Å²) in [4.78, 5) is 11.0. The second kappa shape index (κ2) is 6.94. The van der Waals surface area contributed by atoms with Crippen molar-refractivity contribution in [1.29, 1.82) is 0 Å². The summed E-state index contributed by atoms with van der Waals surface area (Å²) < 4.78 is 4.62. The molecule has 1 aromatic rings. The molecule has 3 nitrogen and oxygen atoms in total. The molecule has 1 N–H and O–H groups in total. The Morgan fingerprint density at radius 3 is 2.29 bits per heavy atom. The molecule has 0 saturated carbocycles. The molecule has 0 aromatic heterocycles. The Kier molecular flexibility index (Phi) is 5.53. The van der Waals surface area contributed by atoms with Gasteiger partial charge < -0.3 is 10.1 Å². The normalized spacial score (nSPS) is 10.1. The van der Waals surface area contributed by atoms with Crippen LogP contribution >= 0.6 is 0 Å². The monoisotopic (exact) mass is 235 g/mol. The van der Waals surface area contributed by atoms with Gasteiger partial charge >= 0.3 is 5.97 Å². The molecular formula is C14H21NO2. The summed E-state index contributed by atoms with van der Waals surface area (Å²) in [5.74, 6) is -0.176. The standard InChI is InChI=1S/C14H21NO2/c1-4-11-7-6-8-12(5-2)14(11)15-10-9-13(16)17-3/h6-8,15H,4-5,9-10H2,1-3H3. The molecule has 17 heavy (non-hydrogen) atoms. The molecule has 0 heterocycles. The van der Waals surface area contributed by atoms with Crippen molar-refractivity contribution in [2.75, 3.05) is 19.0 Å². The third-order valence-corrected chi connectivity index (χ3v) is 2.86. The van der Waals surface area contributed by atoms with Crippen LogP contribution in [0.5, 0.6) is 0 Å². The minimum absolute atomic E-state index is 0.176. The van der Waals surface area contributed by atoms with Crippen LogP contribution in [0.1, 0.15) is 31.4 Å². The number of nitrogens with one attached hydrogen (secondary N) is 1. The van der Waals surface area contributed by atoms with Gasteiger partial charge in [0.2, 0.25) is 0 Å². The third kappa shape index (κ3) is 3.77. The summed E-state index contributed by atoms with van der Waals surface area (Å²) in [6, 6.07) is 6.34. The Bertz CT molecular complexity index is 352. The molecule has 0 saturated heterocycles. The number of hydrogen-bond donors (Lipinski definition) is 1. The second-order valence-electron chi connectivity index (χ2n) is 3.91. The number of methoxy groups -OCH3 is 1. The Balaban J connectivity index is 2.71. The second-order valence-corrected chi connectivity index (χ2v) is 3.91. The van der Waals surface area contributed by atoms with E-state index >= 15 is 0 Å². The zero-order valence-corrected chi connectivity index (χ0v) is 10.9. The fraction of sp³-hybridized carbons (Fsp3) is 0.500. The first kappa shape index (κ1) is 13.6. The molecule has 0 unspecified atom stereocenters. The quantitative estimate of drug-likeness (QED) is 0.770. The van der Waals surface area contributed by atoms with E-state index in [0.717, 1.165) is 12.8 Å². The van der Waals surface area contributed by atoms with Crippen LogP contribution in [0.25, 0.3) is 0 Å². The predicted molar refractivity (Wildman–Crippen MR) is 70.3 cm³/mol. The number of rotatable bonds is 6. The Hall–Kier alpha value is -1.51. The molecule has 94 valence electrons. The van der Waals surface area contributed by atoms with Gasteiger partial charge in [-0.2, -0.15) is 0 Å². The van der Waals surface area contributed by atoms with Crippen molar-refractivity contribution >= 4 is 11.7 Å². The van der Waals surface area contributed by atoms with Crippen molar-refractivity contribution in [3.05, 3.63) is 29.3 Å². The number of hydrogen-bond acceptors (Lipinski definition) is 3. The van der Waals surface area contributed by atoms with Crippen molar-refractivity contribution in [1.82, 2.24) is 0 Å². The van der Waals surface area contributed by atoms with E-state index in [1.807, 2.05) is 0 Å². The predicted octanol–water partition coefficient (Wildman–Crippen LogP) is 2.79. The number of benzene rings is 1. The van der Waals surface area contributed by atoms with Crippen LogP contribution in [0.2, 0.25) is 0 Å². The average Bonchev–Trinajstić information content (AvgIpc) is 2.38. The SMILES string of the molecule is CCc1cccc(CC)c1NCCC(=O)OC. The van der Waals surface area contributed by atoms with Gasteiger partial charge in [0.1, 0.15) is 0 Å². The van der Waals surface area contributed by atoms with Crippen molar-refractivity contribution < 1.29 is 9.53 Å². The van der Waals surface area contributed by atoms with Gasteiger partial charge in [-0.15, -0.1) is 0 Å². The van der Waals surface area contributed by atoms with Gasteiger partial charge in [-0.05, 0) is 24.0 Å². The van der Waals surface area contributed by atoms with Crippen LogP contribution < -0.4 is 5.32 Å². The third-order valence-electron chi connectivity index (χ3n) is 2.86. The van der Waals surface area contributed by atoms with Gasteiger partial charge in [-0.1, -0.05) is 32.0 Å². The minimum atomic E-state index is -0.176. The minimum Gasteiger partial charge on any atom is -0.469 e. The van der Waals surface area contributed by atoms with Crippen LogP contribution in [-0.4, -0.2) is 19.6 Å². The molecular weight excluding hydrogens is 214 g/mol. The van der Waals surface area contributed by atoms with E-state index < -0.39 is 0 Å². The van der Waals surface area contributed by atoms with E-state index in [9.17, 15) is 4.79 Å². The first-order valence-corrected chi connectivity index (χ1v) is 6.14. The highest BCUT2D eigenvalue weighted by molar-refractivity contribution is 5.70. The molecule has 0 bridgehead atoms. The van der Waals surface area contributed by atoms with Crippen LogP contribution in [0.15, 0.2) is 18.2 Å². The molecule has 0 fully saturated rings. The van der Waals surface area contributed by atoms with E-state index in [4.69, 9.17) is 0 Å². The first-order chi connectivity index (χ1) is 8.22. The molecule has 0 aliphatic heterocycles. The smallest absolute Gasteiger partial charge is 0.307 e. The highest BCUT2D eigenvalue weighted by Crippen LogP contribution is 2.22. The van der Waals surface area contributed by atoms with Crippen LogP contribution in [0, 0.1) is 0 Å². The van der Waals surface area contributed by atoms with Gasteiger partial charge in [-0.25, -0.2) is 0 Å². The molecule has 0 atom stereocenters. The Morgan fingerprint density at radius 1 is 1.24 bits per heavy atom. The van der Waals surface area contributed by atoms with E-state index in [2.05, 4.69) is 42.1 Å². The number of para-hydroxylation sites is 1. The maximum absolute atomic E-state index is 11.0. The van der Waals surface area contributed by atoms with Crippen LogP contribution in [0.3, 0.4) is 0 Å². The molecule has 3 heteroatoms. The first-order valence-electron chi connectivity index (χ1n) is 6.14. The zero-order valence-electron chi connectivity index (χ0n) is 10.9. The molecule has 0 radical (unpaired) electrons. The highest BCUT2D eigenvalue weighted by Gasteiger charge is 2.06. The van der Waals surface area contributed by atoms with Crippen molar-refractivity contribution in [2.45, 2.75) is 33.1 Å². The Labute approximate surface area is 103 Å². The summed E-state index contributed by atoms with van der Waals surface area (Å²) in [7, 11) is 1.42. The summed E-state index contributed by atoms with van der Waals surface area (Å²) in [5, 5.41) is 3.35. The molecule has 0 aliphatic carbocycles. The lowest BCUT2D eigenvalue weighted by atomic mass is 10.0. The molecule has 0 aliphatic rings. The molecule has 0 spiro atoms. The maximum atomic E-state index is 11.0. The van der Waals surface area contributed by atoms with Gasteiger partial charge in [0, 0.05) is 12.2 Å². The number of esters is 1. The van der Waals surface area contributed by atoms with E-state index in [1.165, 1.54) is 23.9 Å². The number of carbonyl (C=O) groups excluding carboxylic acids is 1. The molecule has 1 aromatic carbocycles. The summed E-state index contributed by atoms with van der Waals surface area (Å²) in [6.45, 7) is 4.90. The highest BCUT2D eigenvalue weighted by atomic mass is 16.5. The van der Waals surface area contributed by atoms with E-state index in [-0.39, 0.29) is 5.97 Å². The topological polar surface area (TPSA) is 38.3 Å². The van der Waals surface area contributed by atoms with Crippen molar-refractivity contribution in [3.63, 3.8) is 0 Å². The molecule has 1 rings (SSSR count). The average molecular weight is 235 g/mol. The van der Waals surface area contributed by atoms with E-state index in [0.29, 0.717) is 13.0 Å².